The largest absolute Gasteiger partial charge is 0.371 e. The van der Waals surface area contributed by atoms with Crippen LogP contribution in [-0.2, 0) is 0 Å². The molecule has 0 aliphatic carbocycles. The molecule has 4 aliphatic heterocycles. The highest BCUT2D eigenvalue weighted by molar-refractivity contribution is 6.18. The molecule has 1 unspecified atom stereocenters. The van der Waals surface area contributed by atoms with Gasteiger partial charge in [-0.2, -0.15) is 0 Å². The quantitative estimate of drug-likeness (QED) is 0.241. The third kappa shape index (κ3) is 6.67. The average molecular weight is 624 g/mol. The molecule has 0 amide bonds. The first-order valence-electron chi connectivity index (χ1n) is 16.9. The van der Waals surface area contributed by atoms with Gasteiger partial charge in [0.25, 0.3) is 0 Å². The van der Waals surface area contributed by atoms with Crippen molar-refractivity contribution in [3.63, 3.8) is 0 Å². The first kappa shape index (κ1) is 30.8. The molecule has 240 valence electrons. The Morgan fingerprint density at radius 1 is 0.745 bits per heavy atom. The highest BCUT2D eigenvalue weighted by Crippen LogP contribution is 2.34. The lowest BCUT2D eigenvalue weighted by Crippen LogP contribution is -2.53. The predicted octanol–water partition coefficient (Wildman–Crippen LogP) is 7.28. The SMILES string of the molecule is C=C1CCC(c2ccc(N3CCC(N4CCN(c5ccc(N6C=CC(=N)/C6=C\C(=N)c6ccccc6)cc5)CC4)CC3)cc2)C(=C)N1. The van der Waals surface area contributed by atoms with Gasteiger partial charge in [0.1, 0.15) is 0 Å². The normalized spacial score (nSPS) is 21.9. The van der Waals surface area contributed by atoms with E-state index in [-0.39, 0.29) is 0 Å². The first-order chi connectivity index (χ1) is 22.9. The minimum absolute atomic E-state index is 0.367. The van der Waals surface area contributed by atoms with Gasteiger partial charge in [-0.25, -0.2) is 0 Å². The van der Waals surface area contributed by atoms with Crippen molar-refractivity contribution in [3.8, 4) is 0 Å². The fourth-order valence-corrected chi connectivity index (χ4v) is 7.47. The molecule has 7 rings (SSSR count). The van der Waals surface area contributed by atoms with Crippen LogP contribution in [0, 0.1) is 10.8 Å². The summed E-state index contributed by atoms with van der Waals surface area (Å²) in [6.45, 7) is 14.7. The summed E-state index contributed by atoms with van der Waals surface area (Å²) in [5, 5.41) is 20.3. The van der Waals surface area contributed by atoms with Crippen LogP contribution in [-0.4, -0.2) is 61.6 Å². The van der Waals surface area contributed by atoms with Crippen molar-refractivity contribution in [1.29, 1.82) is 10.8 Å². The molecule has 1 atom stereocenters. The fraction of sp³-hybridized carbons (Fsp3) is 0.300. The van der Waals surface area contributed by atoms with Crippen molar-refractivity contribution < 1.29 is 0 Å². The van der Waals surface area contributed by atoms with Crippen molar-refractivity contribution in [2.24, 2.45) is 0 Å². The molecule has 7 heteroatoms. The number of hydrogen-bond donors (Lipinski definition) is 3. The number of allylic oxidation sites excluding steroid dienone is 4. The number of piperazine rings is 1. The van der Waals surface area contributed by atoms with E-state index in [0.29, 0.717) is 23.4 Å². The molecule has 0 aromatic heterocycles. The number of benzene rings is 3. The molecule has 0 saturated carbocycles. The predicted molar refractivity (Wildman–Crippen MR) is 196 cm³/mol. The molecule has 3 aromatic carbocycles. The number of nitrogens with zero attached hydrogens (tertiary/aromatic N) is 4. The Bertz CT molecular complexity index is 1690. The zero-order valence-corrected chi connectivity index (χ0v) is 27.2. The van der Waals surface area contributed by atoms with E-state index in [9.17, 15) is 0 Å². The van der Waals surface area contributed by atoms with Crippen LogP contribution >= 0.6 is 0 Å². The number of rotatable bonds is 7. The molecular weight excluding hydrogens is 578 g/mol. The standard InChI is InChI=1S/C40H45N7/c1-29-8-17-37(30(2)43-29)31-9-11-33(12-10-31)44-21-18-35(19-22-44)46-26-24-45(25-27-46)34-13-15-36(16-14-34)47-23-20-38(41)40(47)28-39(42)32-6-4-3-5-7-32/h3-7,9-16,20,23,28,35,37,41-43H,1-2,8,17-19,21-22,24-27H2/b40-28+,41-38?,42-39?. The summed E-state index contributed by atoms with van der Waals surface area (Å²) in [6, 6.07) is 28.2. The fourth-order valence-electron chi connectivity index (χ4n) is 7.47. The Balaban J connectivity index is 0.901. The molecule has 47 heavy (non-hydrogen) atoms. The van der Waals surface area contributed by atoms with E-state index in [1.807, 2.05) is 41.4 Å². The summed E-state index contributed by atoms with van der Waals surface area (Å²) in [5.74, 6) is 0.367. The van der Waals surface area contributed by atoms with E-state index in [1.165, 1.54) is 29.8 Å². The maximum atomic E-state index is 8.55. The molecule has 0 bridgehead atoms. The van der Waals surface area contributed by atoms with Crippen LogP contribution in [0.4, 0.5) is 17.1 Å². The number of nitrogens with one attached hydrogen (secondary N) is 3. The molecule has 3 fully saturated rings. The van der Waals surface area contributed by atoms with Gasteiger partial charge in [-0.1, -0.05) is 55.6 Å². The lowest BCUT2D eigenvalue weighted by Gasteiger charge is -2.44. The molecule has 3 N–H and O–H groups in total. The summed E-state index contributed by atoms with van der Waals surface area (Å²) in [7, 11) is 0. The Hall–Kier alpha value is -4.88. The van der Waals surface area contributed by atoms with Crippen LogP contribution in [0.25, 0.3) is 0 Å². The molecule has 0 radical (unpaired) electrons. The summed E-state index contributed by atoms with van der Waals surface area (Å²) < 4.78 is 0. The highest BCUT2D eigenvalue weighted by atomic mass is 15.3. The molecule has 3 aromatic rings. The van der Waals surface area contributed by atoms with E-state index >= 15 is 0 Å². The van der Waals surface area contributed by atoms with Crippen molar-refractivity contribution >= 4 is 28.5 Å². The third-order valence-corrected chi connectivity index (χ3v) is 10.2. The second-order valence-corrected chi connectivity index (χ2v) is 13.1. The maximum Gasteiger partial charge on any atom is 0.0795 e. The van der Waals surface area contributed by atoms with Crippen molar-refractivity contribution in [2.45, 2.75) is 37.6 Å². The Morgan fingerprint density at radius 3 is 2.02 bits per heavy atom. The Labute approximate surface area is 279 Å². The van der Waals surface area contributed by atoms with Crippen LogP contribution in [0.5, 0.6) is 0 Å². The summed E-state index contributed by atoms with van der Waals surface area (Å²) in [5.41, 5.74) is 9.44. The van der Waals surface area contributed by atoms with E-state index in [2.05, 4.69) is 81.7 Å². The molecule has 0 spiro atoms. The van der Waals surface area contributed by atoms with Crippen LogP contribution in [0.1, 0.15) is 42.7 Å². The van der Waals surface area contributed by atoms with Crippen LogP contribution in [0.2, 0.25) is 0 Å². The van der Waals surface area contributed by atoms with E-state index in [4.69, 9.17) is 10.8 Å². The highest BCUT2D eigenvalue weighted by Gasteiger charge is 2.28. The second kappa shape index (κ2) is 13.5. The number of piperidine rings is 2. The van der Waals surface area contributed by atoms with Crippen molar-refractivity contribution in [1.82, 2.24) is 10.2 Å². The molecule has 3 saturated heterocycles. The molecular formula is C40H45N7. The van der Waals surface area contributed by atoms with E-state index < -0.39 is 0 Å². The zero-order valence-electron chi connectivity index (χ0n) is 27.2. The third-order valence-electron chi connectivity index (χ3n) is 10.2. The van der Waals surface area contributed by atoms with Gasteiger partial charge in [0.05, 0.1) is 17.1 Å². The van der Waals surface area contributed by atoms with E-state index in [1.54, 1.807) is 12.2 Å². The lowest BCUT2D eigenvalue weighted by atomic mass is 9.88. The van der Waals surface area contributed by atoms with Gasteiger partial charge in [0.15, 0.2) is 0 Å². The summed E-state index contributed by atoms with van der Waals surface area (Å²) >= 11 is 0. The van der Waals surface area contributed by atoms with Gasteiger partial charge in [-0.3, -0.25) is 10.3 Å². The molecule has 7 nitrogen and oxygen atoms in total. The maximum absolute atomic E-state index is 8.55. The van der Waals surface area contributed by atoms with Crippen LogP contribution in [0.3, 0.4) is 0 Å². The van der Waals surface area contributed by atoms with Crippen LogP contribution in [0.15, 0.2) is 127 Å². The Kier molecular flexibility index (Phi) is 8.81. The van der Waals surface area contributed by atoms with Crippen molar-refractivity contribution in [3.05, 3.63) is 139 Å². The van der Waals surface area contributed by atoms with Gasteiger partial charge in [-0.05, 0) is 85.4 Å². The molecule has 4 aliphatic rings. The smallest absolute Gasteiger partial charge is 0.0795 e. The van der Waals surface area contributed by atoms with Gasteiger partial charge in [0, 0.05) is 85.9 Å². The van der Waals surface area contributed by atoms with Gasteiger partial charge < -0.3 is 25.4 Å². The zero-order chi connectivity index (χ0) is 32.3. The average Bonchev–Trinajstić information content (AvgIpc) is 3.48. The number of anilines is 3. The summed E-state index contributed by atoms with van der Waals surface area (Å²) in [6.07, 6.45) is 10.0. The van der Waals surface area contributed by atoms with Crippen molar-refractivity contribution in [2.75, 3.05) is 54.0 Å². The van der Waals surface area contributed by atoms with Gasteiger partial charge in [0.2, 0.25) is 0 Å². The second-order valence-electron chi connectivity index (χ2n) is 13.1. The van der Waals surface area contributed by atoms with Crippen LogP contribution < -0.4 is 20.0 Å². The minimum Gasteiger partial charge on any atom is -0.371 e. The van der Waals surface area contributed by atoms with E-state index in [0.717, 1.165) is 80.5 Å². The first-order valence-corrected chi connectivity index (χ1v) is 16.9. The Morgan fingerprint density at radius 2 is 1.36 bits per heavy atom. The molecule has 4 heterocycles. The van der Waals surface area contributed by atoms with Gasteiger partial charge in [-0.15, -0.1) is 0 Å². The minimum atomic E-state index is 0.367. The lowest BCUT2D eigenvalue weighted by molar-refractivity contribution is 0.160. The summed E-state index contributed by atoms with van der Waals surface area (Å²) in [4.78, 5) is 9.76. The van der Waals surface area contributed by atoms with Gasteiger partial charge >= 0.3 is 0 Å². The number of hydrogen-bond acceptors (Lipinski definition) is 7. The topological polar surface area (TPSA) is 72.7 Å². The monoisotopic (exact) mass is 623 g/mol.